The maximum Gasteiger partial charge on any atom is 0.140 e. The average molecular weight is 200 g/mol. The first kappa shape index (κ1) is 11.3. The minimum Gasteiger partial charge on any atom is -0.492 e. The second kappa shape index (κ2) is 5.21. The zero-order chi connectivity index (χ0) is 11.3. The average Bonchev–Trinajstić information content (AvgIpc) is 2.28. The highest BCUT2D eigenvalue weighted by atomic mass is 16.5. The van der Waals surface area contributed by atoms with Gasteiger partial charge >= 0.3 is 0 Å². The fourth-order valence-corrected chi connectivity index (χ4v) is 1.37. The van der Waals surface area contributed by atoms with Crippen molar-refractivity contribution in [2.45, 2.75) is 12.8 Å². The Morgan fingerprint density at radius 3 is 2.87 bits per heavy atom. The van der Waals surface area contributed by atoms with Crippen LogP contribution in [0.3, 0.4) is 0 Å². The fourth-order valence-electron chi connectivity index (χ4n) is 1.37. The first-order chi connectivity index (χ1) is 7.24. The van der Waals surface area contributed by atoms with E-state index in [9.17, 15) is 0 Å². The highest BCUT2D eigenvalue weighted by molar-refractivity contribution is 5.51. The van der Waals surface area contributed by atoms with Gasteiger partial charge in [0.1, 0.15) is 11.8 Å². The molecule has 2 nitrogen and oxygen atoms in total. The molecule has 15 heavy (non-hydrogen) atoms. The van der Waals surface area contributed by atoms with E-state index in [0.29, 0.717) is 17.9 Å². The second-order valence-electron chi connectivity index (χ2n) is 3.11. The number of hydrogen-bond donors (Lipinski definition) is 0. The molecule has 0 heterocycles. The maximum absolute atomic E-state index is 8.95. The van der Waals surface area contributed by atoms with Gasteiger partial charge in [0.2, 0.25) is 0 Å². The summed E-state index contributed by atoms with van der Waals surface area (Å²) < 4.78 is 5.47. The van der Waals surface area contributed by atoms with Crippen LogP contribution in [0.1, 0.15) is 24.0 Å². The molecule has 0 aliphatic heterocycles. The van der Waals surface area contributed by atoms with Crippen LogP contribution in [-0.4, -0.2) is 6.61 Å². The first-order valence-electron chi connectivity index (χ1n) is 4.86. The van der Waals surface area contributed by atoms with Crippen LogP contribution >= 0.6 is 0 Å². The van der Waals surface area contributed by atoms with Crippen molar-refractivity contribution in [3.05, 3.63) is 48.9 Å². The van der Waals surface area contributed by atoms with Gasteiger partial charge in [0.05, 0.1) is 12.2 Å². The van der Waals surface area contributed by atoms with Gasteiger partial charge in [-0.25, -0.2) is 0 Å². The SMILES string of the molecule is [CH2]C(C=C)c1cccc(C#N)c1OCC. The summed E-state index contributed by atoms with van der Waals surface area (Å²) in [5.74, 6) is 0.572. The highest BCUT2D eigenvalue weighted by Crippen LogP contribution is 2.30. The third kappa shape index (κ3) is 2.38. The number of rotatable bonds is 4. The molecule has 0 saturated carbocycles. The largest absolute Gasteiger partial charge is 0.492 e. The molecule has 1 aromatic carbocycles. The first-order valence-corrected chi connectivity index (χ1v) is 4.86. The summed E-state index contributed by atoms with van der Waals surface area (Å²) in [6.07, 6.45) is 1.74. The van der Waals surface area contributed by atoms with E-state index < -0.39 is 0 Å². The molecule has 77 valence electrons. The molecule has 2 heteroatoms. The lowest BCUT2D eigenvalue weighted by Crippen LogP contribution is -2.01. The summed E-state index contributed by atoms with van der Waals surface area (Å²) >= 11 is 0. The van der Waals surface area contributed by atoms with Crippen LogP contribution in [-0.2, 0) is 0 Å². The van der Waals surface area contributed by atoms with E-state index in [-0.39, 0.29) is 5.92 Å². The molecule has 1 radical (unpaired) electrons. The molecule has 0 aliphatic rings. The van der Waals surface area contributed by atoms with Crippen LogP contribution in [0.5, 0.6) is 5.75 Å². The predicted molar refractivity (Wildman–Crippen MR) is 60.6 cm³/mol. The minimum atomic E-state index is -0.0557. The molecule has 0 bridgehead atoms. The Bertz CT molecular complexity index is 390. The van der Waals surface area contributed by atoms with Crippen molar-refractivity contribution in [2.75, 3.05) is 6.61 Å². The highest BCUT2D eigenvalue weighted by Gasteiger charge is 2.12. The number of nitriles is 1. The molecule has 0 amide bonds. The van der Waals surface area contributed by atoms with Gasteiger partial charge in [0.15, 0.2) is 0 Å². The van der Waals surface area contributed by atoms with Crippen molar-refractivity contribution >= 4 is 0 Å². The van der Waals surface area contributed by atoms with E-state index in [4.69, 9.17) is 10.00 Å². The van der Waals surface area contributed by atoms with Crippen molar-refractivity contribution in [1.29, 1.82) is 5.26 Å². The van der Waals surface area contributed by atoms with E-state index in [1.165, 1.54) is 0 Å². The third-order valence-electron chi connectivity index (χ3n) is 2.14. The van der Waals surface area contributed by atoms with Crippen molar-refractivity contribution in [3.63, 3.8) is 0 Å². The molecule has 0 aromatic heterocycles. The summed E-state index contributed by atoms with van der Waals surface area (Å²) in [6.45, 7) is 10.1. The number of hydrogen-bond acceptors (Lipinski definition) is 2. The lowest BCUT2D eigenvalue weighted by Gasteiger charge is -2.14. The Kier molecular flexibility index (Phi) is 3.93. The molecule has 0 saturated heterocycles. The van der Waals surface area contributed by atoms with Gasteiger partial charge in [-0.3, -0.25) is 0 Å². The van der Waals surface area contributed by atoms with Crippen LogP contribution in [0, 0.1) is 18.3 Å². The van der Waals surface area contributed by atoms with Crippen LogP contribution in [0.2, 0.25) is 0 Å². The topological polar surface area (TPSA) is 33.0 Å². The molecular formula is C13H14NO. The van der Waals surface area contributed by atoms with E-state index in [1.807, 2.05) is 19.1 Å². The smallest absolute Gasteiger partial charge is 0.140 e. The van der Waals surface area contributed by atoms with Gasteiger partial charge in [0.25, 0.3) is 0 Å². The van der Waals surface area contributed by atoms with Gasteiger partial charge in [0, 0.05) is 11.5 Å². The summed E-state index contributed by atoms with van der Waals surface area (Å²) in [6, 6.07) is 7.59. The second-order valence-corrected chi connectivity index (χ2v) is 3.11. The number of ether oxygens (including phenoxy) is 1. The Balaban J connectivity index is 3.25. The fraction of sp³-hybridized carbons (Fsp3) is 0.231. The van der Waals surface area contributed by atoms with Gasteiger partial charge in [-0.05, 0) is 19.9 Å². The van der Waals surface area contributed by atoms with Crippen molar-refractivity contribution in [1.82, 2.24) is 0 Å². The van der Waals surface area contributed by atoms with Crippen LogP contribution < -0.4 is 4.74 Å². The van der Waals surface area contributed by atoms with Gasteiger partial charge in [-0.2, -0.15) is 5.26 Å². The summed E-state index contributed by atoms with van der Waals surface area (Å²) in [5, 5.41) is 8.95. The lowest BCUT2D eigenvalue weighted by molar-refractivity contribution is 0.335. The van der Waals surface area contributed by atoms with Gasteiger partial charge in [-0.1, -0.05) is 18.2 Å². The number of para-hydroxylation sites is 1. The van der Waals surface area contributed by atoms with Gasteiger partial charge < -0.3 is 4.74 Å². The Labute approximate surface area is 90.8 Å². The molecule has 1 atom stereocenters. The maximum atomic E-state index is 8.95. The summed E-state index contributed by atoms with van der Waals surface area (Å²) in [4.78, 5) is 0. The van der Waals surface area contributed by atoms with Crippen LogP contribution in [0.15, 0.2) is 30.9 Å². The molecule has 1 unspecified atom stereocenters. The molecule has 0 spiro atoms. The Hall–Kier alpha value is -1.75. The van der Waals surface area contributed by atoms with E-state index in [1.54, 1.807) is 12.1 Å². The van der Waals surface area contributed by atoms with E-state index >= 15 is 0 Å². The van der Waals surface area contributed by atoms with Crippen LogP contribution in [0.4, 0.5) is 0 Å². The Morgan fingerprint density at radius 2 is 2.33 bits per heavy atom. The molecular weight excluding hydrogens is 186 g/mol. The molecule has 1 aromatic rings. The number of nitrogens with zero attached hydrogens (tertiary/aromatic N) is 1. The monoisotopic (exact) mass is 200 g/mol. The van der Waals surface area contributed by atoms with Crippen molar-refractivity contribution in [3.8, 4) is 11.8 Å². The van der Waals surface area contributed by atoms with Crippen molar-refractivity contribution < 1.29 is 4.74 Å². The molecule has 0 aliphatic carbocycles. The zero-order valence-corrected chi connectivity index (χ0v) is 8.86. The summed E-state index contributed by atoms with van der Waals surface area (Å²) in [7, 11) is 0. The van der Waals surface area contributed by atoms with E-state index in [2.05, 4.69) is 19.6 Å². The Morgan fingerprint density at radius 1 is 1.60 bits per heavy atom. The predicted octanol–water partition coefficient (Wildman–Crippen LogP) is 3.06. The molecule has 1 rings (SSSR count). The lowest BCUT2D eigenvalue weighted by atomic mass is 9.98. The van der Waals surface area contributed by atoms with Crippen molar-refractivity contribution in [2.24, 2.45) is 0 Å². The normalized spacial score (nSPS) is 11.5. The van der Waals surface area contributed by atoms with Crippen LogP contribution in [0.25, 0.3) is 0 Å². The number of benzene rings is 1. The standard InChI is InChI=1S/C13H14NO/c1-4-10(3)12-8-6-7-11(9-14)13(12)15-5-2/h4,6-8,10H,1,3,5H2,2H3. The van der Waals surface area contributed by atoms with Gasteiger partial charge in [-0.15, -0.1) is 6.58 Å². The quantitative estimate of drug-likeness (QED) is 0.700. The zero-order valence-electron chi connectivity index (χ0n) is 8.86. The number of allylic oxidation sites excluding steroid dienone is 1. The molecule has 0 N–H and O–H groups in total. The van der Waals surface area contributed by atoms with E-state index in [0.717, 1.165) is 5.56 Å². The molecule has 0 fully saturated rings. The summed E-state index contributed by atoms with van der Waals surface area (Å²) in [5.41, 5.74) is 1.45. The minimum absolute atomic E-state index is 0.0557. The third-order valence-corrected chi connectivity index (χ3v) is 2.14.